The highest BCUT2D eigenvalue weighted by atomic mass is 79.9. The van der Waals surface area contributed by atoms with Crippen molar-refractivity contribution in [3.05, 3.63) is 34.3 Å². The second-order valence-corrected chi connectivity index (χ2v) is 5.89. The molecular weight excluding hydrogens is 336 g/mol. The Morgan fingerprint density at radius 2 is 2.14 bits per heavy atom. The Bertz CT molecular complexity index is 492. The van der Waals surface area contributed by atoms with E-state index in [0.29, 0.717) is 12.8 Å². The highest BCUT2D eigenvalue weighted by molar-refractivity contribution is 9.10. The standard InChI is InChI=1S/C15H21BrN2O3/c1-10(17)6-7-14(19)18-13(9-15(20)21-2)11-4-3-5-12(16)8-11/h3-5,8,10,13H,6-7,9,17H2,1-2H3,(H,18,19). The molecule has 0 radical (unpaired) electrons. The van der Waals surface area contributed by atoms with Crippen molar-refractivity contribution in [2.45, 2.75) is 38.3 Å². The fraction of sp³-hybridized carbons (Fsp3) is 0.467. The summed E-state index contributed by atoms with van der Waals surface area (Å²) in [6.07, 6.45) is 1.04. The third-order valence-electron chi connectivity index (χ3n) is 3.01. The van der Waals surface area contributed by atoms with E-state index in [0.717, 1.165) is 10.0 Å². The molecule has 116 valence electrons. The average molecular weight is 357 g/mol. The smallest absolute Gasteiger partial charge is 0.307 e. The number of methoxy groups -OCH3 is 1. The number of ether oxygens (including phenoxy) is 1. The molecule has 2 atom stereocenters. The predicted molar refractivity (Wildman–Crippen MR) is 84.5 cm³/mol. The van der Waals surface area contributed by atoms with Gasteiger partial charge in [-0.15, -0.1) is 0 Å². The molecule has 0 saturated carbocycles. The van der Waals surface area contributed by atoms with Gasteiger partial charge in [-0.3, -0.25) is 9.59 Å². The van der Waals surface area contributed by atoms with Crippen LogP contribution in [-0.4, -0.2) is 25.0 Å². The van der Waals surface area contributed by atoms with Crippen LogP contribution in [0, 0.1) is 0 Å². The summed E-state index contributed by atoms with van der Waals surface area (Å²) < 4.78 is 5.58. The van der Waals surface area contributed by atoms with Crippen LogP contribution in [-0.2, 0) is 14.3 Å². The molecular formula is C15H21BrN2O3. The molecule has 21 heavy (non-hydrogen) atoms. The molecule has 0 saturated heterocycles. The lowest BCUT2D eigenvalue weighted by Gasteiger charge is -2.19. The zero-order chi connectivity index (χ0) is 15.8. The van der Waals surface area contributed by atoms with Crippen LogP contribution in [0.15, 0.2) is 28.7 Å². The maximum Gasteiger partial charge on any atom is 0.307 e. The Balaban J connectivity index is 2.77. The van der Waals surface area contributed by atoms with Crippen molar-refractivity contribution in [1.29, 1.82) is 0 Å². The average Bonchev–Trinajstić information content (AvgIpc) is 2.44. The summed E-state index contributed by atoms with van der Waals surface area (Å²) in [6, 6.07) is 7.05. The molecule has 0 aromatic heterocycles. The number of hydrogen-bond donors (Lipinski definition) is 2. The minimum absolute atomic E-state index is 0.0272. The molecule has 1 amide bonds. The van der Waals surface area contributed by atoms with Crippen molar-refractivity contribution in [2.24, 2.45) is 5.73 Å². The molecule has 0 fully saturated rings. The molecule has 3 N–H and O–H groups in total. The van der Waals surface area contributed by atoms with Crippen molar-refractivity contribution < 1.29 is 14.3 Å². The Hall–Kier alpha value is -1.40. The first-order valence-electron chi connectivity index (χ1n) is 6.79. The number of amides is 1. The number of benzene rings is 1. The molecule has 1 aromatic rings. The Morgan fingerprint density at radius 1 is 1.43 bits per heavy atom. The molecule has 0 aliphatic rings. The highest BCUT2D eigenvalue weighted by Crippen LogP contribution is 2.21. The van der Waals surface area contributed by atoms with Crippen LogP contribution < -0.4 is 11.1 Å². The first-order chi connectivity index (χ1) is 9.92. The lowest BCUT2D eigenvalue weighted by atomic mass is 10.0. The largest absolute Gasteiger partial charge is 0.469 e. The zero-order valence-corrected chi connectivity index (χ0v) is 13.9. The predicted octanol–water partition coefficient (Wildman–Crippen LogP) is 2.30. The van der Waals surface area contributed by atoms with E-state index in [9.17, 15) is 9.59 Å². The van der Waals surface area contributed by atoms with Crippen LogP contribution in [0.2, 0.25) is 0 Å². The second kappa shape index (κ2) is 8.79. The quantitative estimate of drug-likeness (QED) is 0.734. The highest BCUT2D eigenvalue weighted by Gasteiger charge is 2.19. The number of carbonyl (C=O) groups is 2. The third kappa shape index (κ3) is 6.73. The van der Waals surface area contributed by atoms with Gasteiger partial charge in [0, 0.05) is 16.9 Å². The summed E-state index contributed by atoms with van der Waals surface area (Å²) in [5.41, 5.74) is 6.50. The van der Waals surface area contributed by atoms with Crippen LogP contribution in [0.25, 0.3) is 0 Å². The summed E-state index contributed by atoms with van der Waals surface area (Å²) in [5.74, 6) is -0.492. The van der Waals surface area contributed by atoms with Crippen molar-refractivity contribution in [3.8, 4) is 0 Å². The maximum atomic E-state index is 12.0. The molecule has 0 aliphatic heterocycles. The summed E-state index contributed by atoms with van der Waals surface area (Å²) >= 11 is 3.38. The molecule has 1 rings (SSSR count). The van der Waals surface area contributed by atoms with Gasteiger partial charge in [0.05, 0.1) is 19.6 Å². The summed E-state index contributed by atoms with van der Waals surface area (Å²) in [6.45, 7) is 1.85. The van der Waals surface area contributed by atoms with Gasteiger partial charge >= 0.3 is 5.97 Å². The number of nitrogens with two attached hydrogens (primary N) is 1. The number of rotatable bonds is 7. The van der Waals surface area contributed by atoms with E-state index in [-0.39, 0.29) is 24.3 Å². The van der Waals surface area contributed by atoms with E-state index in [4.69, 9.17) is 10.5 Å². The number of halogens is 1. The Kier molecular flexibility index (Phi) is 7.39. The normalized spacial score (nSPS) is 13.3. The van der Waals surface area contributed by atoms with Crippen molar-refractivity contribution in [3.63, 3.8) is 0 Å². The van der Waals surface area contributed by atoms with Gasteiger partial charge in [0.25, 0.3) is 0 Å². The maximum absolute atomic E-state index is 12.0. The zero-order valence-electron chi connectivity index (χ0n) is 12.3. The van der Waals surface area contributed by atoms with E-state index < -0.39 is 6.04 Å². The minimum atomic E-state index is -0.407. The van der Waals surface area contributed by atoms with Crippen LogP contribution in [0.3, 0.4) is 0 Å². The third-order valence-corrected chi connectivity index (χ3v) is 3.50. The molecule has 1 aromatic carbocycles. The van der Waals surface area contributed by atoms with Crippen LogP contribution in [0.5, 0.6) is 0 Å². The topological polar surface area (TPSA) is 81.4 Å². The van der Waals surface area contributed by atoms with Gasteiger partial charge in [0.1, 0.15) is 0 Å². The van der Waals surface area contributed by atoms with Gasteiger partial charge in [0.2, 0.25) is 5.91 Å². The molecule has 2 unspecified atom stereocenters. The van der Waals surface area contributed by atoms with E-state index in [1.807, 2.05) is 31.2 Å². The van der Waals surface area contributed by atoms with Gasteiger partial charge in [-0.1, -0.05) is 28.1 Å². The molecule has 0 heterocycles. The lowest BCUT2D eigenvalue weighted by Crippen LogP contribution is -2.31. The molecule has 0 aliphatic carbocycles. The Morgan fingerprint density at radius 3 is 2.71 bits per heavy atom. The van der Waals surface area contributed by atoms with Crippen molar-refractivity contribution >= 4 is 27.8 Å². The number of esters is 1. The minimum Gasteiger partial charge on any atom is -0.469 e. The van der Waals surface area contributed by atoms with Crippen LogP contribution in [0.1, 0.15) is 37.8 Å². The number of hydrogen-bond acceptors (Lipinski definition) is 4. The molecule has 6 heteroatoms. The van der Waals surface area contributed by atoms with E-state index in [1.165, 1.54) is 7.11 Å². The van der Waals surface area contributed by atoms with Gasteiger partial charge in [-0.25, -0.2) is 0 Å². The van der Waals surface area contributed by atoms with Crippen LogP contribution >= 0.6 is 15.9 Å². The first kappa shape index (κ1) is 17.7. The summed E-state index contributed by atoms with van der Waals surface area (Å²) in [4.78, 5) is 23.5. The monoisotopic (exact) mass is 356 g/mol. The summed E-state index contributed by atoms with van der Waals surface area (Å²) in [5, 5.41) is 2.86. The fourth-order valence-corrected chi connectivity index (χ4v) is 2.27. The van der Waals surface area contributed by atoms with E-state index in [1.54, 1.807) is 0 Å². The summed E-state index contributed by atoms with van der Waals surface area (Å²) in [7, 11) is 1.33. The van der Waals surface area contributed by atoms with Gasteiger partial charge in [0.15, 0.2) is 0 Å². The number of carbonyl (C=O) groups excluding carboxylic acids is 2. The molecule has 0 bridgehead atoms. The lowest BCUT2D eigenvalue weighted by molar-refractivity contribution is -0.141. The van der Waals surface area contributed by atoms with E-state index >= 15 is 0 Å². The number of nitrogens with one attached hydrogen (secondary N) is 1. The second-order valence-electron chi connectivity index (χ2n) is 4.97. The van der Waals surface area contributed by atoms with Gasteiger partial charge in [-0.2, -0.15) is 0 Å². The molecule has 0 spiro atoms. The first-order valence-corrected chi connectivity index (χ1v) is 7.59. The van der Waals surface area contributed by atoms with Gasteiger partial charge in [-0.05, 0) is 31.0 Å². The van der Waals surface area contributed by atoms with Crippen molar-refractivity contribution in [2.75, 3.05) is 7.11 Å². The van der Waals surface area contributed by atoms with Gasteiger partial charge < -0.3 is 15.8 Å². The molecule has 5 nitrogen and oxygen atoms in total. The fourth-order valence-electron chi connectivity index (χ4n) is 1.85. The SMILES string of the molecule is COC(=O)CC(NC(=O)CCC(C)N)c1cccc(Br)c1. The van der Waals surface area contributed by atoms with Crippen LogP contribution in [0.4, 0.5) is 0 Å². The van der Waals surface area contributed by atoms with E-state index in [2.05, 4.69) is 21.2 Å². The Labute approximate surface area is 133 Å². The van der Waals surface area contributed by atoms with Crippen molar-refractivity contribution in [1.82, 2.24) is 5.32 Å².